The number of amides is 1. The molecule has 1 N–H and O–H groups in total. The van der Waals surface area contributed by atoms with Crippen LogP contribution in [0.5, 0.6) is 0 Å². The predicted molar refractivity (Wildman–Crippen MR) is 101 cm³/mol. The van der Waals surface area contributed by atoms with Crippen LogP contribution in [-0.2, 0) is 6.18 Å². The molecule has 0 aliphatic carbocycles. The number of aryl methyl sites for hydroxylation is 1. The molecular weight excluding hydrogens is 393 g/mol. The molecule has 0 aliphatic heterocycles. The molecule has 0 bridgehead atoms. The zero-order valence-electron chi connectivity index (χ0n) is 14.5. The third-order valence-corrected chi connectivity index (χ3v) is 4.31. The van der Waals surface area contributed by atoms with Crippen molar-refractivity contribution in [2.75, 3.05) is 5.32 Å². The minimum absolute atomic E-state index is 0.0264. The van der Waals surface area contributed by atoms with Crippen LogP contribution in [0.4, 0.5) is 18.9 Å². The average Bonchev–Trinajstić information content (AvgIpc) is 2.63. The molecule has 0 fully saturated rings. The van der Waals surface area contributed by atoms with Crippen molar-refractivity contribution in [2.45, 2.75) is 13.1 Å². The molecule has 0 aliphatic rings. The maximum Gasteiger partial charge on any atom is 0.416 e. The maximum atomic E-state index is 13.0. The highest BCUT2D eigenvalue weighted by atomic mass is 35.5. The number of carbonyl (C=O) groups is 1. The first-order valence-electron chi connectivity index (χ1n) is 8.14. The Hall–Kier alpha value is -3.06. The van der Waals surface area contributed by atoms with E-state index in [9.17, 15) is 22.8 Å². The van der Waals surface area contributed by atoms with Gasteiger partial charge in [0.2, 0.25) is 0 Å². The number of anilines is 1. The van der Waals surface area contributed by atoms with Gasteiger partial charge in [-0.2, -0.15) is 13.2 Å². The largest absolute Gasteiger partial charge is 0.416 e. The van der Waals surface area contributed by atoms with Gasteiger partial charge in [0.25, 0.3) is 11.5 Å². The van der Waals surface area contributed by atoms with Crippen molar-refractivity contribution in [3.05, 3.63) is 92.9 Å². The first-order valence-corrected chi connectivity index (χ1v) is 8.52. The quantitative estimate of drug-likeness (QED) is 0.660. The topological polar surface area (TPSA) is 51.1 Å². The highest BCUT2D eigenvalue weighted by Crippen LogP contribution is 2.30. The van der Waals surface area contributed by atoms with Gasteiger partial charge in [-0.05, 0) is 61.5 Å². The van der Waals surface area contributed by atoms with Gasteiger partial charge in [-0.1, -0.05) is 17.7 Å². The molecule has 144 valence electrons. The molecule has 0 spiro atoms. The summed E-state index contributed by atoms with van der Waals surface area (Å²) in [4.78, 5) is 25.3. The molecule has 0 saturated heterocycles. The molecular formula is C20H14ClF3N2O2. The number of hydrogen-bond donors (Lipinski definition) is 1. The zero-order valence-corrected chi connectivity index (χ0v) is 15.3. The van der Waals surface area contributed by atoms with Crippen molar-refractivity contribution >= 4 is 23.2 Å². The van der Waals surface area contributed by atoms with Crippen LogP contribution in [0.2, 0.25) is 5.02 Å². The molecule has 28 heavy (non-hydrogen) atoms. The molecule has 4 nitrogen and oxygen atoms in total. The van der Waals surface area contributed by atoms with E-state index in [0.717, 1.165) is 16.7 Å². The van der Waals surface area contributed by atoms with E-state index in [0.29, 0.717) is 16.4 Å². The summed E-state index contributed by atoms with van der Waals surface area (Å²) in [5.74, 6) is -0.673. The van der Waals surface area contributed by atoms with E-state index in [1.807, 2.05) is 0 Å². The summed E-state index contributed by atoms with van der Waals surface area (Å²) < 4.78 is 40.1. The smallest absolute Gasteiger partial charge is 0.322 e. The second-order valence-corrected chi connectivity index (χ2v) is 6.47. The Kier molecular flexibility index (Phi) is 5.29. The van der Waals surface area contributed by atoms with Crippen molar-refractivity contribution in [1.82, 2.24) is 4.57 Å². The monoisotopic (exact) mass is 406 g/mol. The molecule has 1 amide bonds. The molecule has 1 heterocycles. The first-order chi connectivity index (χ1) is 13.2. The standard InChI is InChI=1S/C20H14ClF3N2O2/c1-12-5-10-17(18(27)25-15-8-6-14(21)7-9-15)19(28)26(12)16-4-2-3-13(11-16)20(22,23)24/h2-11H,1H3,(H,25,27). The van der Waals surface area contributed by atoms with Crippen LogP contribution in [0.1, 0.15) is 21.6 Å². The lowest BCUT2D eigenvalue weighted by Gasteiger charge is -2.14. The van der Waals surface area contributed by atoms with E-state index in [1.165, 1.54) is 24.3 Å². The van der Waals surface area contributed by atoms with Gasteiger partial charge in [-0.3, -0.25) is 14.2 Å². The van der Waals surface area contributed by atoms with Crippen molar-refractivity contribution in [3.8, 4) is 5.69 Å². The highest BCUT2D eigenvalue weighted by Gasteiger charge is 2.30. The summed E-state index contributed by atoms with van der Waals surface area (Å²) in [6.07, 6.45) is -4.54. The van der Waals surface area contributed by atoms with Crippen LogP contribution in [0, 0.1) is 6.92 Å². The number of pyridine rings is 1. The number of benzene rings is 2. The van der Waals surface area contributed by atoms with E-state index in [-0.39, 0.29) is 11.3 Å². The summed E-state index contributed by atoms with van der Waals surface area (Å²) in [6.45, 7) is 1.57. The lowest BCUT2D eigenvalue weighted by atomic mass is 10.1. The Morgan fingerprint density at radius 3 is 2.36 bits per heavy atom. The Morgan fingerprint density at radius 2 is 1.71 bits per heavy atom. The van der Waals surface area contributed by atoms with Crippen LogP contribution in [0.25, 0.3) is 5.69 Å². The molecule has 0 radical (unpaired) electrons. The lowest BCUT2D eigenvalue weighted by Crippen LogP contribution is -2.29. The summed E-state index contributed by atoms with van der Waals surface area (Å²) in [7, 11) is 0. The number of hydrogen-bond acceptors (Lipinski definition) is 2. The van der Waals surface area contributed by atoms with Gasteiger partial charge >= 0.3 is 6.18 Å². The Balaban J connectivity index is 2.02. The minimum Gasteiger partial charge on any atom is -0.322 e. The molecule has 2 aromatic carbocycles. The Labute approximate surface area is 163 Å². The maximum absolute atomic E-state index is 13.0. The van der Waals surface area contributed by atoms with Gasteiger partial charge in [0.1, 0.15) is 5.56 Å². The Bertz CT molecular complexity index is 1090. The van der Waals surface area contributed by atoms with Gasteiger partial charge in [0.05, 0.1) is 5.56 Å². The van der Waals surface area contributed by atoms with E-state index in [1.54, 1.807) is 31.2 Å². The fraction of sp³-hybridized carbons (Fsp3) is 0.100. The van der Waals surface area contributed by atoms with E-state index in [4.69, 9.17) is 11.6 Å². The number of nitrogens with one attached hydrogen (secondary N) is 1. The van der Waals surface area contributed by atoms with E-state index in [2.05, 4.69) is 5.32 Å². The van der Waals surface area contributed by atoms with Crippen molar-refractivity contribution < 1.29 is 18.0 Å². The van der Waals surface area contributed by atoms with Gasteiger partial charge < -0.3 is 5.32 Å². The van der Waals surface area contributed by atoms with Gasteiger partial charge in [0, 0.05) is 22.1 Å². The van der Waals surface area contributed by atoms with Crippen LogP contribution >= 0.6 is 11.6 Å². The van der Waals surface area contributed by atoms with Crippen molar-refractivity contribution in [1.29, 1.82) is 0 Å². The van der Waals surface area contributed by atoms with Crippen molar-refractivity contribution in [3.63, 3.8) is 0 Å². The zero-order chi connectivity index (χ0) is 20.5. The van der Waals surface area contributed by atoms with Crippen LogP contribution in [0.3, 0.4) is 0 Å². The third kappa shape index (κ3) is 4.09. The summed E-state index contributed by atoms with van der Waals surface area (Å²) in [6, 6.07) is 13.5. The molecule has 1 aromatic heterocycles. The number of aromatic nitrogens is 1. The molecule has 0 saturated carbocycles. The number of alkyl halides is 3. The fourth-order valence-electron chi connectivity index (χ4n) is 2.68. The van der Waals surface area contributed by atoms with Crippen LogP contribution < -0.4 is 10.9 Å². The van der Waals surface area contributed by atoms with E-state index < -0.39 is 23.2 Å². The van der Waals surface area contributed by atoms with Crippen LogP contribution in [0.15, 0.2) is 65.5 Å². The fourth-order valence-corrected chi connectivity index (χ4v) is 2.80. The van der Waals surface area contributed by atoms with Crippen molar-refractivity contribution in [2.24, 2.45) is 0 Å². The second kappa shape index (κ2) is 7.52. The Morgan fingerprint density at radius 1 is 1.04 bits per heavy atom. The number of nitrogens with zero attached hydrogens (tertiary/aromatic N) is 1. The molecule has 0 atom stereocenters. The lowest BCUT2D eigenvalue weighted by molar-refractivity contribution is -0.137. The highest BCUT2D eigenvalue weighted by molar-refractivity contribution is 6.30. The average molecular weight is 407 g/mol. The molecule has 8 heteroatoms. The summed E-state index contributed by atoms with van der Waals surface area (Å²) >= 11 is 5.80. The predicted octanol–water partition coefficient (Wildman–Crippen LogP) is 5.07. The molecule has 0 unspecified atom stereocenters. The summed E-state index contributed by atoms with van der Waals surface area (Å²) in [5.41, 5.74) is -0.943. The first kappa shape index (κ1) is 19.7. The molecule has 3 rings (SSSR count). The number of carbonyl (C=O) groups excluding carboxylic acids is 1. The van der Waals surface area contributed by atoms with Gasteiger partial charge in [-0.15, -0.1) is 0 Å². The SMILES string of the molecule is Cc1ccc(C(=O)Nc2ccc(Cl)cc2)c(=O)n1-c1cccc(C(F)(F)F)c1. The van der Waals surface area contributed by atoms with Crippen LogP contribution in [-0.4, -0.2) is 10.5 Å². The molecule has 3 aromatic rings. The van der Waals surface area contributed by atoms with Gasteiger partial charge in [-0.25, -0.2) is 0 Å². The number of halogens is 4. The number of rotatable bonds is 3. The second-order valence-electron chi connectivity index (χ2n) is 6.04. The summed E-state index contributed by atoms with van der Waals surface area (Å²) in [5, 5.41) is 3.06. The van der Waals surface area contributed by atoms with E-state index >= 15 is 0 Å². The third-order valence-electron chi connectivity index (χ3n) is 4.06. The minimum atomic E-state index is -4.54. The van der Waals surface area contributed by atoms with Gasteiger partial charge in [0.15, 0.2) is 0 Å². The normalized spacial score (nSPS) is 11.3.